The Kier molecular flexibility index (Phi) is 5.57. The van der Waals surface area contributed by atoms with E-state index in [4.69, 9.17) is 9.15 Å². The molecule has 0 N–H and O–H groups in total. The minimum atomic E-state index is -0.350. The van der Waals surface area contributed by atoms with Gasteiger partial charge in [-0.2, -0.15) is 0 Å². The second-order valence-corrected chi connectivity index (χ2v) is 7.02. The molecule has 1 aliphatic carbocycles. The Bertz CT molecular complexity index is 812. The van der Waals surface area contributed by atoms with Crippen LogP contribution in [0.5, 0.6) is 5.75 Å². The molecule has 4 nitrogen and oxygen atoms in total. The quantitative estimate of drug-likeness (QED) is 0.439. The second-order valence-electron chi connectivity index (χ2n) is 7.02. The van der Waals surface area contributed by atoms with Gasteiger partial charge >= 0.3 is 11.6 Å². The zero-order chi connectivity index (χ0) is 17.8. The molecule has 2 aromatic rings. The van der Waals surface area contributed by atoms with Crippen LogP contribution < -0.4 is 10.4 Å². The molecule has 134 valence electrons. The average Bonchev–Trinajstić information content (AvgIpc) is 2.63. The molecule has 0 spiro atoms. The van der Waals surface area contributed by atoms with E-state index in [1.54, 1.807) is 6.07 Å². The maximum Gasteiger partial charge on any atom is 0.336 e. The van der Waals surface area contributed by atoms with Crippen LogP contribution in [0.2, 0.25) is 0 Å². The van der Waals surface area contributed by atoms with Gasteiger partial charge in [-0.25, -0.2) is 4.79 Å². The van der Waals surface area contributed by atoms with Gasteiger partial charge in [0.25, 0.3) is 0 Å². The molecule has 0 amide bonds. The number of aryl methyl sites for hydroxylation is 2. The first kappa shape index (κ1) is 17.7. The Morgan fingerprint density at radius 2 is 2.00 bits per heavy atom. The van der Waals surface area contributed by atoms with Gasteiger partial charge in [-0.3, -0.25) is 4.79 Å². The van der Waals surface area contributed by atoms with Crippen molar-refractivity contribution < 1.29 is 13.9 Å². The normalized spacial score (nSPS) is 15.4. The maximum absolute atomic E-state index is 12.4. The fraction of sp³-hybridized carbons (Fsp3) is 0.524. The van der Waals surface area contributed by atoms with Gasteiger partial charge in [0, 0.05) is 17.0 Å². The molecule has 0 radical (unpaired) electrons. The Morgan fingerprint density at radius 1 is 1.24 bits per heavy atom. The monoisotopic (exact) mass is 342 g/mol. The average molecular weight is 342 g/mol. The largest absolute Gasteiger partial charge is 0.426 e. The third-order valence-electron chi connectivity index (χ3n) is 5.15. The van der Waals surface area contributed by atoms with Crippen molar-refractivity contribution in [2.75, 3.05) is 0 Å². The summed E-state index contributed by atoms with van der Waals surface area (Å²) in [6.45, 7) is 3.97. The van der Waals surface area contributed by atoms with Crippen molar-refractivity contribution in [2.45, 2.75) is 65.2 Å². The van der Waals surface area contributed by atoms with Crippen LogP contribution in [-0.4, -0.2) is 5.97 Å². The molecule has 1 fully saturated rings. The molecule has 0 unspecified atom stereocenters. The summed E-state index contributed by atoms with van der Waals surface area (Å²) < 4.78 is 11.1. The van der Waals surface area contributed by atoms with Crippen molar-refractivity contribution in [2.24, 2.45) is 5.92 Å². The number of fused-ring (bicyclic) bond motifs is 1. The van der Waals surface area contributed by atoms with Crippen molar-refractivity contribution in [3.63, 3.8) is 0 Å². The summed E-state index contributed by atoms with van der Waals surface area (Å²) in [6.07, 6.45) is 8.12. The van der Waals surface area contributed by atoms with Gasteiger partial charge in [0.1, 0.15) is 11.3 Å². The number of rotatable bonds is 5. The van der Waals surface area contributed by atoms with Crippen LogP contribution in [0, 0.1) is 12.8 Å². The molecule has 0 aliphatic heterocycles. The van der Waals surface area contributed by atoms with Crippen molar-refractivity contribution in [1.82, 2.24) is 0 Å². The predicted octanol–water partition coefficient (Wildman–Crippen LogP) is 4.93. The molecule has 1 aromatic carbocycles. The van der Waals surface area contributed by atoms with Gasteiger partial charge in [-0.05, 0) is 50.3 Å². The van der Waals surface area contributed by atoms with Gasteiger partial charge in [-0.1, -0.05) is 32.6 Å². The third-order valence-corrected chi connectivity index (χ3v) is 5.15. The molecule has 1 saturated carbocycles. The summed E-state index contributed by atoms with van der Waals surface area (Å²) in [5.41, 5.74) is 1.91. The summed E-state index contributed by atoms with van der Waals surface area (Å²) in [5, 5.41) is 0.933. The highest BCUT2D eigenvalue weighted by Crippen LogP contribution is 2.31. The van der Waals surface area contributed by atoms with E-state index in [1.807, 2.05) is 19.1 Å². The first-order chi connectivity index (χ1) is 12.1. The summed E-state index contributed by atoms with van der Waals surface area (Å²) in [6, 6.07) is 5.30. The predicted molar refractivity (Wildman–Crippen MR) is 98.0 cm³/mol. The lowest BCUT2D eigenvalue weighted by atomic mass is 9.89. The van der Waals surface area contributed by atoms with Gasteiger partial charge in [0.05, 0.1) is 5.92 Å². The Labute approximate surface area is 148 Å². The van der Waals surface area contributed by atoms with Crippen LogP contribution in [-0.2, 0) is 11.2 Å². The highest BCUT2D eigenvalue weighted by Gasteiger charge is 2.24. The van der Waals surface area contributed by atoms with Crippen LogP contribution in [0.3, 0.4) is 0 Å². The minimum absolute atomic E-state index is 0.00764. The fourth-order valence-corrected chi connectivity index (χ4v) is 3.62. The van der Waals surface area contributed by atoms with Crippen LogP contribution in [0.25, 0.3) is 11.0 Å². The summed E-state index contributed by atoms with van der Waals surface area (Å²) in [7, 11) is 0. The van der Waals surface area contributed by atoms with Gasteiger partial charge in [-0.15, -0.1) is 0 Å². The molecular formula is C21H26O4. The molecule has 0 saturated heterocycles. The lowest BCUT2D eigenvalue weighted by Crippen LogP contribution is -2.23. The van der Waals surface area contributed by atoms with Crippen molar-refractivity contribution in [1.29, 1.82) is 0 Å². The van der Waals surface area contributed by atoms with Crippen molar-refractivity contribution >= 4 is 16.9 Å². The summed E-state index contributed by atoms with van der Waals surface area (Å²) >= 11 is 0. The van der Waals surface area contributed by atoms with Crippen LogP contribution in [0.15, 0.2) is 27.4 Å². The van der Waals surface area contributed by atoms with Crippen LogP contribution in [0.1, 0.15) is 63.0 Å². The van der Waals surface area contributed by atoms with E-state index >= 15 is 0 Å². The van der Waals surface area contributed by atoms with Gasteiger partial charge in [0.15, 0.2) is 0 Å². The molecule has 0 bridgehead atoms. The van der Waals surface area contributed by atoms with Gasteiger partial charge < -0.3 is 9.15 Å². The molecule has 1 heterocycles. The van der Waals surface area contributed by atoms with E-state index in [0.29, 0.717) is 11.3 Å². The fourth-order valence-electron chi connectivity index (χ4n) is 3.62. The number of unbranched alkanes of at least 4 members (excludes halogenated alkanes) is 1. The molecule has 3 rings (SSSR count). The van der Waals surface area contributed by atoms with E-state index in [1.165, 1.54) is 6.42 Å². The zero-order valence-electron chi connectivity index (χ0n) is 15.1. The highest BCUT2D eigenvalue weighted by molar-refractivity contribution is 5.86. The number of carbonyl (C=O) groups excluding carboxylic acids is 1. The molecule has 0 atom stereocenters. The standard InChI is InChI=1S/C21H26O4/c1-3-4-8-16-13-19(22)25-20-14(2)18(12-11-17(16)20)24-21(23)15-9-6-5-7-10-15/h11-13,15H,3-10H2,1-2H3. The summed E-state index contributed by atoms with van der Waals surface area (Å²) in [5.74, 6) is 0.331. The molecule has 25 heavy (non-hydrogen) atoms. The topological polar surface area (TPSA) is 56.5 Å². The number of esters is 1. The lowest BCUT2D eigenvalue weighted by Gasteiger charge is -2.20. The van der Waals surface area contributed by atoms with E-state index in [0.717, 1.165) is 61.5 Å². The number of ether oxygens (including phenoxy) is 1. The van der Waals surface area contributed by atoms with Crippen molar-refractivity contribution in [3.05, 3.63) is 39.7 Å². The minimum Gasteiger partial charge on any atom is -0.426 e. The lowest BCUT2D eigenvalue weighted by molar-refractivity contribution is -0.140. The summed E-state index contributed by atoms with van der Waals surface area (Å²) in [4.78, 5) is 24.3. The second kappa shape index (κ2) is 7.85. The Morgan fingerprint density at radius 3 is 2.72 bits per heavy atom. The first-order valence-electron chi connectivity index (χ1n) is 9.38. The van der Waals surface area contributed by atoms with E-state index in [-0.39, 0.29) is 17.5 Å². The first-order valence-corrected chi connectivity index (χ1v) is 9.38. The van der Waals surface area contributed by atoms with Crippen LogP contribution >= 0.6 is 0 Å². The van der Waals surface area contributed by atoms with Crippen LogP contribution in [0.4, 0.5) is 0 Å². The Hall–Kier alpha value is -2.10. The molecule has 1 aromatic heterocycles. The smallest absolute Gasteiger partial charge is 0.336 e. The number of hydrogen-bond acceptors (Lipinski definition) is 4. The number of hydrogen-bond donors (Lipinski definition) is 0. The molecular weight excluding hydrogens is 316 g/mol. The highest BCUT2D eigenvalue weighted by atomic mass is 16.5. The molecule has 1 aliphatic rings. The van der Waals surface area contributed by atoms with E-state index < -0.39 is 0 Å². The molecule has 4 heteroatoms. The van der Waals surface area contributed by atoms with Crippen molar-refractivity contribution in [3.8, 4) is 5.75 Å². The number of carbonyl (C=O) groups is 1. The Balaban J connectivity index is 1.91. The maximum atomic E-state index is 12.4. The SMILES string of the molecule is CCCCc1cc(=O)oc2c(C)c(OC(=O)C3CCCCC3)ccc12. The third kappa shape index (κ3) is 3.94. The number of benzene rings is 1. The van der Waals surface area contributed by atoms with E-state index in [2.05, 4.69) is 6.92 Å². The zero-order valence-corrected chi connectivity index (χ0v) is 15.1. The van der Waals surface area contributed by atoms with E-state index in [9.17, 15) is 9.59 Å². The van der Waals surface area contributed by atoms with Gasteiger partial charge in [0.2, 0.25) is 0 Å².